The molecule has 0 radical (unpaired) electrons. The van der Waals surface area contributed by atoms with Crippen LogP contribution in [0.2, 0.25) is 0 Å². The number of hydrogen-bond acceptors (Lipinski definition) is 2. The second-order valence-corrected chi connectivity index (χ2v) is 3.83. The van der Waals surface area contributed by atoms with Crippen LogP contribution in [0.4, 0.5) is 0 Å². The number of para-hydroxylation sites is 1. The number of nitrogens with two attached hydrogens (primary N) is 1. The molecule has 1 atom stereocenters. The van der Waals surface area contributed by atoms with Crippen LogP contribution in [0.5, 0.6) is 5.75 Å². The summed E-state index contributed by atoms with van der Waals surface area (Å²) >= 11 is 0. The van der Waals surface area contributed by atoms with Crippen molar-refractivity contribution >= 4 is 0 Å². The predicted octanol–water partition coefficient (Wildman–Crippen LogP) is 0.920. The normalized spacial score (nSPS) is 12.4. The van der Waals surface area contributed by atoms with Gasteiger partial charge in [-0.1, -0.05) is 19.1 Å². The minimum Gasteiger partial charge on any atom is -0.493 e. The van der Waals surface area contributed by atoms with Crippen LogP contribution >= 0.6 is 0 Å². The average molecular weight is 224 g/mol. The highest BCUT2D eigenvalue weighted by Gasteiger charge is 2.09. The summed E-state index contributed by atoms with van der Waals surface area (Å²) in [4.78, 5) is 0. The van der Waals surface area contributed by atoms with Gasteiger partial charge in [-0.3, -0.25) is 0 Å². The molecule has 1 rings (SSSR count). The van der Waals surface area contributed by atoms with Gasteiger partial charge in [-0.2, -0.15) is 0 Å². The third kappa shape index (κ3) is 3.83. The summed E-state index contributed by atoms with van der Waals surface area (Å²) < 4.78 is 5.55. The van der Waals surface area contributed by atoms with E-state index in [0.29, 0.717) is 6.61 Å². The highest BCUT2D eigenvalue weighted by atomic mass is 16.5. The Balaban J connectivity index is 2.58. The molecule has 90 valence electrons. The molecule has 0 amide bonds. The van der Waals surface area contributed by atoms with Gasteiger partial charge < -0.3 is 15.2 Å². The van der Waals surface area contributed by atoms with Crippen molar-refractivity contribution in [2.75, 3.05) is 13.2 Å². The molecular weight excluding hydrogens is 202 g/mol. The highest BCUT2D eigenvalue weighted by molar-refractivity contribution is 5.32. The van der Waals surface area contributed by atoms with Gasteiger partial charge in [0.1, 0.15) is 18.3 Å². The van der Waals surface area contributed by atoms with Gasteiger partial charge in [0.05, 0.1) is 13.2 Å². The molecule has 0 aromatic heterocycles. The molecule has 0 heterocycles. The Morgan fingerprint density at radius 2 is 2.06 bits per heavy atom. The molecule has 3 N–H and O–H groups in total. The molecule has 3 nitrogen and oxygen atoms in total. The number of quaternary nitrogens is 1. The maximum atomic E-state index is 9.11. The van der Waals surface area contributed by atoms with Gasteiger partial charge in [-0.15, -0.1) is 0 Å². The predicted molar refractivity (Wildman–Crippen MR) is 64.4 cm³/mol. The molecular formula is C13H22NO2+. The lowest BCUT2D eigenvalue weighted by Gasteiger charge is -2.13. The minimum absolute atomic E-state index is 0.229. The summed E-state index contributed by atoms with van der Waals surface area (Å²) in [5.41, 5.74) is 1.19. The van der Waals surface area contributed by atoms with Crippen LogP contribution in [0.3, 0.4) is 0 Å². The van der Waals surface area contributed by atoms with Gasteiger partial charge in [0.2, 0.25) is 0 Å². The second-order valence-electron chi connectivity index (χ2n) is 3.83. The Labute approximate surface area is 97.4 Å². The first-order valence-corrected chi connectivity index (χ1v) is 5.96. The van der Waals surface area contributed by atoms with Gasteiger partial charge in [-0.25, -0.2) is 0 Å². The van der Waals surface area contributed by atoms with E-state index in [1.165, 1.54) is 5.56 Å². The first-order chi connectivity index (χ1) is 7.81. The molecule has 1 aromatic carbocycles. The smallest absolute Gasteiger partial charge is 0.128 e. The Bertz CT molecular complexity index is 298. The summed E-state index contributed by atoms with van der Waals surface area (Å²) in [6.07, 6.45) is 0.979. The number of benzene rings is 1. The first-order valence-electron chi connectivity index (χ1n) is 5.96. The summed E-state index contributed by atoms with van der Waals surface area (Å²) in [6, 6.07) is 8.36. The molecule has 1 aromatic rings. The van der Waals surface area contributed by atoms with Crippen LogP contribution in [0.1, 0.15) is 25.8 Å². The van der Waals surface area contributed by atoms with Crippen molar-refractivity contribution < 1.29 is 15.2 Å². The van der Waals surface area contributed by atoms with Crippen molar-refractivity contribution in [2.24, 2.45) is 0 Å². The van der Waals surface area contributed by atoms with Gasteiger partial charge in [-0.05, 0) is 25.5 Å². The van der Waals surface area contributed by atoms with Crippen molar-refractivity contribution in [1.82, 2.24) is 0 Å². The number of ether oxygens (including phenoxy) is 1. The highest BCUT2D eigenvalue weighted by Crippen LogP contribution is 2.16. The Morgan fingerprint density at radius 1 is 1.31 bits per heavy atom. The fourth-order valence-corrected chi connectivity index (χ4v) is 1.63. The standard InChI is InChI=1S/C13H21NO2/c1-3-12(10-15)14-9-11-7-5-6-8-13(11)16-4-2/h5-8,12,14-15H,3-4,9-10H2,1-2H3/p+1/t12-/m0/s1. The minimum atomic E-state index is 0.229. The van der Waals surface area contributed by atoms with Crippen LogP contribution in [-0.2, 0) is 6.54 Å². The second kappa shape index (κ2) is 7.25. The lowest BCUT2D eigenvalue weighted by atomic mass is 10.1. The van der Waals surface area contributed by atoms with Crippen LogP contribution in [0, 0.1) is 0 Å². The van der Waals surface area contributed by atoms with E-state index in [-0.39, 0.29) is 12.6 Å². The fourth-order valence-electron chi connectivity index (χ4n) is 1.63. The molecule has 0 aliphatic carbocycles. The fraction of sp³-hybridized carbons (Fsp3) is 0.538. The van der Waals surface area contributed by atoms with Gasteiger partial charge in [0, 0.05) is 5.56 Å². The summed E-state index contributed by atoms with van der Waals surface area (Å²) in [7, 11) is 0. The monoisotopic (exact) mass is 224 g/mol. The number of hydrogen-bond donors (Lipinski definition) is 2. The van der Waals surface area contributed by atoms with E-state index < -0.39 is 0 Å². The molecule has 0 saturated heterocycles. The van der Waals surface area contributed by atoms with Crippen LogP contribution in [0.25, 0.3) is 0 Å². The first kappa shape index (κ1) is 13.0. The molecule has 0 spiro atoms. The van der Waals surface area contributed by atoms with Crippen LogP contribution in [-0.4, -0.2) is 24.4 Å². The Hall–Kier alpha value is -1.06. The lowest BCUT2D eigenvalue weighted by Crippen LogP contribution is -2.89. The van der Waals surface area contributed by atoms with E-state index in [1.54, 1.807) is 0 Å². The van der Waals surface area contributed by atoms with Crippen molar-refractivity contribution in [3.63, 3.8) is 0 Å². The molecule has 0 fully saturated rings. The molecule has 0 saturated carbocycles. The number of aliphatic hydroxyl groups excluding tert-OH is 1. The van der Waals surface area contributed by atoms with E-state index in [9.17, 15) is 0 Å². The molecule has 0 aliphatic rings. The molecule has 0 bridgehead atoms. The van der Waals surface area contributed by atoms with Crippen LogP contribution in [0.15, 0.2) is 24.3 Å². The van der Waals surface area contributed by atoms with E-state index in [0.717, 1.165) is 18.7 Å². The quantitative estimate of drug-likeness (QED) is 0.723. The van der Waals surface area contributed by atoms with Crippen molar-refractivity contribution in [3.05, 3.63) is 29.8 Å². The number of aliphatic hydroxyl groups is 1. The maximum Gasteiger partial charge on any atom is 0.128 e. The molecule has 0 aliphatic heterocycles. The Kier molecular flexibility index (Phi) is 5.90. The third-order valence-corrected chi connectivity index (χ3v) is 2.70. The summed E-state index contributed by atoms with van der Waals surface area (Å²) in [5, 5.41) is 11.3. The zero-order valence-electron chi connectivity index (χ0n) is 10.1. The van der Waals surface area contributed by atoms with E-state index in [1.807, 2.05) is 25.1 Å². The van der Waals surface area contributed by atoms with E-state index in [4.69, 9.17) is 9.84 Å². The lowest BCUT2D eigenvalue weighted by molar-refractivity contribution is -0.706. The van der Waals surface area contributed by atoms with Gasteiger partial charge in [0.15, 0.2) is 0 Å². The summed E-state index contributed by atoms with van der Waals surface area (Å²) in [5.74, 6) is 0.953. The average Bonchev–Trinajstić information content (AvgIpc) is 2.33. The van der Waals surface area contributed by atoms with Gasteiger partial charge in [0.25, 0.3) is 0 Å². The van der Waals surface area contributed by atoms with Crippen molar-refractivity contribution in [3.8, 4) is 5.75 Å². The maximum absolute atomic E-state index is 9.11. The van der Waals surface area contributed by atoms with Crippen LogP contribution < -0.4 is 10.1 Å². The zero-order valence-corrected chi connectivity index (χ0v) is 10.1. The van der Waals surface area contributed by atoms with E-state index in [2.05, 4.69) is 18.3 Å². The zero-order chi connectivity index (χ0) is 11.8. The van der Waals surface area contributed by atoms with Gasteiger partial charge >= 0.3 is 0 Å². The van der Waals surface area contributed by atoms with Crippen molar-refractivity contribution in [1.29, 1.82) is 0 Å². The van der Waals surface area contributed by atoms with Crippen molar-refractivity contribution in [2.45, 2.75) is 32.9 Å². The number of rotatable bonds is 7. The molecule has 16 heavy (non-hydrogen) atoms. The largest absolute Gasteiger partial charge is 0.493 e. The van der Waals surface area contributed by atoms with E-state index >= 15 is 0 Å². The molecule has 0 unspecified atom stereocenters. The molecule has 3 heteroatoms. The SMILES string of the molecule is CCOc1ccccc1C[NH2+][C@@H](CC)CO. The summed E-state index contributed by atoms with van der Waals surface area (Å²) in [6.45, 7) is 5.85. The Morgan fingerprint density at radius 3 is 2.69 bits per heavy atom. The third-order valence-electron chi connectivity index (χ3n) is 2.70. The topological polar surface area (TPSA) is 46.1 Å².